The molecule has 0 bridgehead atoms. The van der Waals surface area contributed by atoms with Crippen LogP contribution in [-0.2, 0) is 24.3 Å². The van der Waals surface area contributed by atoms with Gasteiger partial charge in [0.25, 0.3) is 5.91 Å². The van der Waals surface area contributed by atoms with Gasteiger partial charge in [0.2, 0.25) is 15.9 Å². The SMILES string of the molecule is C[C@@H]1CN(S(=O)(=O)c2ccc(C(=O)N3CSC[C@H]3C(=O)N3CCOCC3)cc2)C[C@@H](C)O1. The molecule has 176 valence electrons. The summed E-state index contributed by atoms with van der Waals surface area (Å²) in [6, 6.07) is 5.49. The fourth-order valence-electron chi connectivity index (χ4n) is 4.25. The van der Waals surface area contributed by atoms with Crippen molar-refractivity contribution in [2.24, 2.45) is 0 Å². The van der Waals surface area contributed by atoms with E-state index in [9.17, 15) is 18.0 Å². The molecule has 0 saturated carbocycles. The van der Waals surface area contributed by atoms with Gasteiger partial charge in [-0.15, -0.1) is 11.8 Å². The first-order chi connectivity index (χ1) is 15.3. The molecule has 3 atom stereocenters. The lowest BCUT2D eigenvalue weighted by atomic mass is 10.1. The van der Waals surface area contributed by atoms with Crippen molar-refractivity contribution in [3.8, 4) is 0 Å². The number of hydrogen-bond donors (Lipinski definition) is 0. The maximum atomic E-state index is 13.1. The second kappa shape index (κ2) is 9.68. The molecule has 0 aromatic heterocycles. The van der Waals surface area contributed by atoms with Crippen LogP contribution in [0.2, 0.25) is 0 Å². The zero-order valence-electron chi connectivity index (χ0n) is 18.3. The quantitative estimate of drug-likeness (QED) is 0.627. The predicted octanol–water partition coefficient (Wildman–Crippen LogP) is 0.858. The summed E-state index contributed by atoms with van der Waals surface area (Å²) in [6.07, 6.45) is -0.356. The van der Waals surface area contributed by atoms with E-state index in [4.69, 9.17) is 9.47 Å². The van der Waals surface area contributed by atoms with Crippen molar-refractivity contribution in [3.63, 3.8) is 0 Å². The van der Waals surface area contributed by atoms with E-state index >= 15 is 0 Å². The minimum absolute atomic E-state index is 0.0543. The number of carbonyl (C=O) groups is 2. The number of sulfonamides is 1. The molecule has 4 rings (SSSR count). The molecule has 11 heteroatoms. The summed E-state index contributed by atoms with van der Waals surface area (Å²) in [5.41, 5.74) is 0.370. The second-order valence-electron chi connectivity index (χ2n) is 8.33. The van der Waals surface area contributed by atoms with Gasteiger partial charge in [-0.1, -0.05) is 0 Å². The van der Waals surface area contributed by atoms with Gasteiger partial charge in [-0.25, -0.2) is 8.42 Å². The molecule has 32 heavy (non-hydrogen) atoms. The summed E-state index contributed by atoms with van der Waals surface area (Å²) < 4.78 is 38.5. The molecule has 3 heterocycles. The van der Waals surface area contributed by atoms with E-state index in [1.54, 1.807) is 21.6 Å². The van der Waals surface area contributed by atoms with Crippen molar-refractivity contribution >= 4 is 33.6 Å². The topological polar surface area (TPSA) is 96.5 Å². The van der Waals surface area contributed by atoms with Gasteiger partial charge in [0.15, 0.2) is 0 Å². The van der Waals surface area contributed by atoms with Crippen molar-refractivity contribution in [2.45, 2.75) is 37.0 Å². The lowest BCUT2D eigenvalue weighted by molar-refractivity contribution is -0.138. The van der Waals surface area contributed by atoms with Gasteiger partial charge in [-0.3, -0.25) is 9.59 Å². The summed E-state index contributed by atoms with van der Waals surface area (Å²) in [6.45, 7) is 6.38. The molecule has 3 aliphatic heterocycles. The van der Waals surface area contributed by atoms with Crippen LogP contribution in [-0.4, -0.2) is 104 Å². The van der Waals surface area contributed by atoms with E-state index in [0.29, 0.717) is 56.6 Å². The van der Waals surface area contributed by atoms with E-state index in [-0.39, 0.29) is 28.9 Å². The Morgan fingerprint density at radius 1 is 1.03 bits per heavy atom. The van der Waals surface area contributed by atoms with Crippen LogP contribution >= 0.6 is 11.8 Å². The van der Waals surface area contributed by atoms with Gasteiger partial charge < -0.3 is 19.3 Å². The Morgan fingerprint density at radius 3 is 2.28 bits per heavy atom. The molecule has 0 unspecified atom stereocenters. The lowest BCUT2D eigenvalue weighted by Gasteiger charge is -2.34. The fraction of sp³-hybridized carbons (Fsp3) is 0.619. The van der Waals surface area contributed by atoms with Gasteiger partial charge in [0.1, 0.15) is 6.04 Å². The van der Waals surface area contributed by atoms with E-state index in [2.05, 4.69) is 0 Å². The molecule has 3 saturated heterocycles. The Bertz CT molecular complexity index is 939. The minimum Gasteiger partial charge on any atom is -0.378 e. The van der Waals surface area contributed by atoms with Crippen molar-refractivity contribution in [2.75, 3.05) is 51.0 Å². The van der Waals surface area contributed by atoms with E-state index in [0.717, 1.165) is 0 Å². The second-order valence-corrected chi connectivity index (χ2v) is 11.3. The zero-order chi connectivity index (χ0) is 22.9. The smallest absolute Gasteiger partial charge is 0.255 e. The Morgan fingerprint density at radius 2 is 1.66 bits per heavy atom. The van der Waals surface area contributed by atoms with Crippen LogP contribution in [0.25, 0.3) is 0 Å². The first-order valence-electron chi connectivity index (χ1n) is 10.8. The third-order valence-corrected chi connectivity index (χ3v) is 8.73. The first kappa shape index (κ1) is 23.5. The highest BCUT2D eigenvalue weighted by atomic mass is 32.2. The van der Waals surface area contributed by atoms with Gasteiger partial charge in [-0.05, 0) is 38.1 Å². The van der Waals surface area contributed by atoms with Crippen LogP contribution in [0.3, 0.4) is 0 Å². The van der Waals surface area contributed by atoms with Crippen molar-refractivity contribution in [1.82, 2.24) is 14.1 Å². The molecule has 3 fully saturated rings. The van der Waals surface area contributed by atoms with Crippen LogP contribution in [0.1, 0.15) is 24.2 Å². The van der Waals surface area contributed by atoms with Crippen LogP contribution in [0.5, 0.6) is 0 Å². The van der Waals surface area contributed by atoms with Gasteiger partial charge in [0, 0.05) is 37.5 Å². The van der Waals surface area contributed by atoms with Crippen molar-refractivity contribution in [1.29, 1.82) is 0 Å². The third kappa shape index (κ3) is 4.81. The average Bonchev–Trinajstić information content (AvgIpc) is 3.28. The van der Waals surface area contributed by atoms with E-state index in [1.165, 1.54) is 28.6 Å². The Kier molecular flexibility index (Phi) is 7.11. The summed E-state index contributed by atoms with van der Waals surface area (Å²) in [7, 11) is -3.68. The van der Waals surface area contributed by atoms with E-state index in [1.807, 2.05) is 13.8 Å². The predicted molar refractivity (Wildman–Crippen MR) is 120 cm³/mol. The fourth-order valence-corrected chi connectivity index (χ4v) is 6.99. The number of thioether (sulfide) groups is 1. The van der Waals surface area contributed by atoms with Crippen molar-refractivity contribution < 1.29 is 27.5 Å². The maximum Gasteiger partial charge on any atom is 0.255 e. The molecule has 0 radical (unpaired) electrons. The number of benzene rings is 1. The van der Waals surface area contributed by atoms with E-state index < -0.39 is 16.1 Å². The highest BCUT2D eigenvalue weighted by Gasteiger charge is 2.38. The monoisotopic (exact) mass is 483 g/mol. The van der Waals surface area contributed by atoms with Crippen LogP contribution < -0.4 is 0 Å². The molecule has 3 aliphatic rings. The van der Waals surface area contributed by atoms with Crippen molar-refractivity contribution in [3.05, 3.63) is 29.8 Å². The summed E-state index contributed by atoms with van der Waals surface area (Å²) >= 11 is 1.54. The standard InChI is InChI=1S/C21H29N3O6S2/c1-15-11-23(12-16(2)30-15)32(27,28)18-5-3-17(4-6-18)20(25)24-14-31-13-19(24)21(26)22-7-9-29-10-8-22/h3-6,15-16,19H,7-14H2,1-2H3/t15-,16-,19+/m1/s1. The molecule has 1 aromatic rings. The molecular formula is C21H29N3O6S2. The summed E-state index contributed by atoms with van der Waals surface area (Å²) in [4.78, 5) is 29.5. The highest BCUT2D eigenvalue weighted by molar-refractivity contribution is 7.99. The molecule has 1 aromatic carbocycles. The minimum atomic E-state index is -3.68. The average molecular weight is 484 g/mol. The molecule has 2 amide bonds. The third-order valence-electron chi connectivity index (χ3n) is 5.88. The van der Waals surface area contributed by atoms with Crippen LogP contribution in [0.4, 0.5) is 0 Å². The highest BCUT2D eigenvalue weighted by Crippen LogP contribution is 2.26. The zero-order valence-corrected chi connectivity index (χ0v) is 19.9. The van der Waals surface area contributed by atoms with Gasteiger partial charge in [0.05, 0.1) is 36.2 Å². The largest absolute Gasteiger partial charge is 0.378 e. The number of rotatable bonds is 4. The summed E-state index contributed by atoms with van der Waals surface area (Å²) in [5, 5.41) is 0. The Labute approximate surface area is 193 Å². The molecule has 0 N–H and O–H groups in total. The lowest BCUT2D eigenvalue weighted by Crippen LogP contribution is -2.52. The number of hydrogen-bond acceptors (Lipinski definition) is 7. The maximum absolute atomic E-state index is 13.1. The number of ether oxygens (including phenoxy) is 2. The van der Waals surface area contributed by atoms with Crippen LogP contribution in [0.15, 0.2) is 29.2 Å². The van der Waals surface area contributed by atoms with Gasteiger partial charge >= 0.3 is 0 Å². The molecule has 9 nitrogen and oxygen atoms in total. The molecular weight excluding hydrogens is 454 g/mol. The normalized spacial score (nSPS) is 27.5. The van der Waals surface area contributed by atoms with Crippen LogP contribution in [0, 0.1) is 0 Å². The Hall–Kier alpha value is -1.66. The molecule has 0 spiro atoms. The van der Waals surface area contributed by atoms with Gasteiger partial charge in [-0.2, -0.15) is 4.31 Å². The Balaban J connectivity index is 1.47. The number of amides is 2. The summed E-state index contributed by atoms with van der Waals surface area (Å²) in [5.74, 6) is 0.672. The molecule has 0 aliphatic carbocycles. The number of nitrogens with zero attached hydrogens (tertiary/aromatic N) is 3. The first-order valence-corrected chi connectivity index (χ1v) is 13.4. The number of morpholine rings is 2. The number of carbonyl (C=O) groups excluding carboxylic acids is 2.